The standard InChI is InChI=1S/C17H20O4/c1-2-19-16-10-6-7-11-17(16)21-13-14(18)12-20-15-8-4-3-5-9-15/h3-11,14,18H,2,12-13H2,1H3. The molecule has 112 valence electrons. The number of rotatable bonds is 8. The van der Waals surface area contributed by atoms with Gasteiger partial charge in [0.2, 0.25) is 0 Å². The highest BCUT2D eigenvalue weighted by Gasteiger charge is 2.09. The molecule has 2 aromatic carbocycles. The fraction of sp³-hybridized carbons (Fsp3) is 0.294. The van der Waals surface area contributed by atoms with Crippen LogP contribution < -0.4 is 14.2 Å². The highest BCUT2D eigenvalue weighted by molar-refractivity contribution is 5.39. The minimum absolute atomic E-state index is 0.150. The third-order valence-electron chi connectivity index (χ3n) is 2.77. The van der Waals surface area contributed by atoms with E-state index in [1.165, 1.54) is 0 Å². The van der Waals surface area contributed by atoms with Crippen LogP contribution in [0.4, 0.5) is 0 Å². The van der Waals surface area contributed by atoms with Crippen LogP contribution in [-0.2, 0) is 0 Å². The topological polar surface area (TPSA) is 47.9 Å². The summed E-state index contributed by atoms with van der Waals surface area (Å²) < 4.78 is 16.5. The van der Waals surface area contributed by atoms with Gasteiger partial charge in [-0.05, 0) is 31.2 Å². The Morgan fingerprint density at radius 1 is 0.810 bits per heavy atom. The van der Waals surface area contributed by atoms with Gasteiger partial charge in [0.05, 0.1) is 6.61 Å². The Bertz CT molecular complexity index is 527. The molecular weight excluding hydrogens is 268 g/mol. The molecule has 0 aromatic heterocycles. The lowest BCUT2D eigenvalue weighted by molar-refractivity contribution is 0.0614. The summed E-state index contributed by atoms with van der Waals surface area (Å²) in [6.07, 6.45) is -0.708. The molecule has 0 radical (unpaired) electrons. The van der Waals surface area contributed by atoms with Crippen LogP contribution in [0.25, 0.3) is 0 Å². The Morgan fingerprint density at radius 3 is 2.05 bits per heavy atom. The van der Waals surface area contributed by atoms with Gasteiger partial charge in [-0.3, -0.25) is 0 Å². The number of hydrogen-bond donors (Lipinski definition) is 1. The maximum Gasteiger partial charge on any atom is 0.161 e. The third-order valence-corrected chi connectivity index (χ3v) is 2.77. The molecule has 0 saturated heterocycles. The summed E-state index contributed by atoms with van der Waals surface area (Å²) in [6, 6.07) is 16.8. The summed E-state index contributed by atoms with van der Waals surface area (Å²) in [5.74, 6) is 2.03. The van der Waals surface area contributed by atoms with E-state index in [1.807, 2.05) is 61.5 Å². The molecule has 21 heavy (non-hydrogen) atoms. The lowest BCUT2D eigenvalue weighted by Gasteiger charge is -2.15. The first-order valence-corrected chi connectivity index (χ1v) is 7.00. The molecule has 0 aliphatic heterocycles. The molecule has 0 saturated carbocycles. The SMILES string of the molecule is CCOc1ccccc1OCC(O)COc1ccccc1. The lowest BCUT2D eigenvalue weighted by atomic mass is 10.3. The Labute approximate surface area is 124 Å². The van der Waals surface area contributed by atoms with E-state index in [9.17, 15) is 5.11 Å². The van der Waals surface area contributed by atoms with Gasteiger partial charge in [0.15, 0.2) is 11.5 Å². The van der Waals surface area contributed by atoms with Gasteiger partial charge < -0.3 is 19.3 Å². The quantitative estimate of drug-likeness (QED) is 0.811. The van der Waals surface area contributed by atoms with Crippen LogP contribution in [0.3, 0.4) is 0 Å². The zero-order valence-corrected chi connectivity index (χ0v) is 12.1. The van der Waals surface area contributed by atoms with Crippen LogP contribution in [-0.4, -0.2) is 31.0 Å². The van der Waals surface area contributed by atoms with Gasteiger partial charge in [0.1, 0.15) is 25.1 Å². The van der Waals surface area contributed by atoms with Gasteiger partial charge in [0, 0.05) is 0 Å². The maximum atomic E-state index is 9.90. The van der Waals surface area contributed by atoms with Crippen LogP contribution in [0, 0.1) is 0 Å². The molecular formula is C17H20O4. The third kappa shape index (κ3) is 5.00. The Morgan fingerprint density at radius 2 is 1.38 bits per heavy atom. The Hall–Kier alpha value is -2.20. The summed E-state index contributed by atoms with van der Waals surface area (Å²) in [7, 11) is 0. The highest BCUT2D eigenvalue weighted by Crippen LogP contribution is 2.26. The molecule has 0 fully saturated rings. The van der Waals surface area contributed by atoms with Crippen molar-refractivity contribution in [3.05, 3.63) is 54.6 Å². The first-order chi connectivity index (χ1) is 10.3. The van der Waals surface area contributed by atoms with Crippen molar-refractivity contribution in [1.29, 1.82) is 0 Å². The van der Waals surface area contributed by atoms with Crippen molar-refractivity contribution in [2.75, 3.05) is 19.8 Å². The summed E-state index contributed by atoms with van der Waals surface area (Å²) in [6.45, 7) is 2.82. The minimum Gasteiger partial charge on any atom is -0.491 e. The van der Waals surface area contributed by atoms with Crippen molar-refractivity contribution in [2.24, 2.45) is 0 Å². The predicted octanol–water partition coefficient (Wildman–Crippen LogP) is 2.90. The molecule has 4 heteroatoms. The summed E-state index contributed by atoms with van der Waals surface area (Å²) >= 11 is 0. The van der Waals surface area contributed by atoms with Crippen molar-refractivity contribution in [3.63, 3.8) is 0 Å². The molecule has 2 rings (SSSR count). The normalized spacial score (nSPS) is 11.7. The average Bonchev–Trinajstić information content (AvgIpc) is 2.53. The fourth-order valence-corrected chi connectivity index (χ4v) is 1.79. The molecule has 0 aliphatic rings. The lowest BCUT2D eigenvalue weighted by Crippen LogP contribution is -2.25. The van der Waals surface area contributed by atoms with E-state index < -0.39 is 6.10 Å². The number of ether oxygens (including phenoxy) is 3. The first kappa shape index (κ1) is 15.2. The monoisotopic (exact) mass is 288 g/mol. The van der Waals surface area contributed by atoms with Gasteiger partial charge in [-0.2, -0.15) is 0 Å². The summed E-state index contributed by atoms with van der Waals surface area (Å²) in [5.41, 5.74) is 0. The molecule has 1 atom stereocenters. The van der Waals surface area contributed by atoms with Crippen LogP contribution >= 0.6 is 0 Å². The fourth-order valence-electron chi connectivity index (χ4n) is 1.79. The van der Waals surface area contributed by atoms with Crippen molar-refractivity contribution < 1.29 is 19.3 Å². The first-order valence-electron chi connectivity index (χ1n) is 7.00. The molecule has 0 amide bonds. The molecule has 2 aromatic rings. The number of aliphatic hydroxyl groups is 1. The Kier molecular flexibility index (Phi) is 5.91. The number of para-hydroxylation sites is 3. The summed E-state index contributed by atoms with van der Waals surface area (Å²) in [4.78, 5) is 0. The van der Waals surface area contributed by atoms with E-state index in [4.69, 9.17) is 14.2 Å². The second-order valence-corrected chi connectivity index (χ2v) is 4.47. The van der Waals surface area contributed by atoms with E-state index in [0.717, 1.165) is 5.75 Å². The van der Waals surface area contributed by atoms with Crippen molar-refractivity contribution in [1.82, 2.24) is 0 Å². The van der Waals surface area contributed by atoms with E-state index in [2.05, 4.69) is 0 Å². The number of benzene rings is 2. The van der Waals surface area contributed by atoms with Gasteiger partial charge in [-0.1, -0.05) is 30.3 Å². The van der Waals surface area contributed by atoms with Crippen LogP contribution in [0.15, 0.2) is 54.6 Å². The molecule has 0 bridgehead atoms. The van der Waals surface area contributed by atoms with Gasteiger partial charge in [-0.25, -0.2) is 0 Å². The molecule has 4 nitrogen and oxygen atoms in total. The molecule has 0 aliphatic carbocycles. The Balaban J connectivity index is 1.80. The van der Waals surface area contributed by atoms with Crippen molar-refractivity contribution in [2.45, 2.75) is 13.0 Å². The minimum atomic E-state index is -0.708. The average molecular weight is 288 g/mol. The van der Waals surface area contributed by atoms with Crippen LogP contribution in [0.1, 0.15) is 6.92 Å². The van der Waals surface area contributed by atoms with E-state index in [-0.39, 0.29) is 13.2 Å². The maximum absolute atomic E-state index is 9.90. The molecule has 1 N–H and O–H groups in total. The van der Waals surface area contributed by atoms with E-state index in [0.29, 0.717) is 18.1 Å². The highest BCUT2D eigenvalue weighted by atomic mass is 16.5. The second-order valence-electron chi connectivity index (χ2n) is 4.47. The van der Waals surface area contributed by atoms with Gasteiger partial charge in [-0.15, -0.1) is 0 Å². The molecule has 0 spiro atoms. The van der Waals surface area contributed by atoms with Gasteiger partial charge >= 0.3 is 0 Å². The number of hydrogen-bond acceptors (Lipinski definition) is 4. The predicted molar refractivity (Wildman–Crippen MR) is 81.0 cm³/mol. The van der Waals surface area contributed by atoms with Crippen LogP contribution in [0.2, 0.25) is 0 Å². The smallest absolute Gasteiger partial charge is 0.161 e. The molecule has 1 unspecified atom stereocenters. The van der Waals surface area contributed by atoms with E-state index in [1.54, 1.807) is 0 Å². The zero-order valence-electron chi connectivity index (χ0n) is 12.1. The van der Waals surface area contributed by atoms with Crippen LogP contribution in [0.5, 0.6) is 17.2 Å². The number of aliphatic hydroxyl groups excluding tert-OH is 1. The van der Waals surface area contributed by atoms with Crippen molar-refractivity contribution >= 4 is 0 Å². The molecule has 0 heterocycles. The van der Waals surface area contributed by atoms with E-state index >= 15 is 0 Å². The zero-order chi connectivity index (χ0) is 14.9. The van der Waals surface area contributed by atoms with Crippen molar-refractivity contribution in [3.8, 4) is 17.2 Å². The summed E-state index contributed by atoms with van der Waals surface area (Å²) in [5, 5.41) is 9.90. The largest absolute Gasteiger partial charge is 0.491 e. The van der Waals surface area contributed by atoms with Gasteiger partial charge in [0.25, 0.3) is 0 Å². The second kappa shape index (κ2) is 8.17.